The molecule has 27 heavy (non-hydrogen) atoms. The van der Waals surface area contributed by atoms with Crippen molar-refractivity contribution >= 4 is 11.6 Å². The number of rotatable bonds is 1. The van der Waals surface area contributed by atoms with Crippen LogP contribution < -0.4 is 5.32 Å². The number of carbonyl (C=O) groups is 1. The summed E-state index contributed by atoms with van der Waals surface area (Å²) in [6.45, 7) is 2.01. The maximum absolute atomic E-state index is 13.2. The first kappa shape index (κ1) is 15.9. The Kier molecular flexibility index (Phi) is 3.17. The Hall–Kier alpha value is -3.27. The number of hydrogen-bond donors (Lipinski definition) is 3. The highest BCUT2D eigenvalue weighted by molar-refractivity contribution is 6.10. The molecule has 2 atom stereocenters. The molecule has 3 aromatic carbocycles. The lowest BCUT2D eigenvalue weighted by atomic mass is 9.75. The van der Waals surface area contributed by atoms with Gasteiger partial charge in [-0.15, -0.1) is 0 Å². The summed E-state index contributed by atoms with van der Waals surface area (Å²) < 4.78 is 0. The minimum atomic E-state index is -0.859. The molecular formula is C23H19NO3. The third-order valence-corrected chi connectivity index (χ3v) is 5.98. The molecule has 134 valence electrons. The van der Waals surface area contributed by atoms with Gasteiger partial charge < -0.3 is 15.5 Å². The van der Waals surface area contributed by atoms with Gasteiger partial charge in [0.05, 0.1) is 0 Å². The number of phenols is 2. The van der Waals surface area contributed by atoms with E-state index in [4.69, 9.17) is 0 Å². The summed E-state index contributed by atoms with van der Waals surface area (Å²) in [5.41, 5.74) is 4.25. The maximum atomic E-state index is 13.2. The number of amides is 1. The number of anilines is 1. The third-order valence-electron chi connectivity index (χ3n) is 5.98. The van der Waals surface area contributed by atoms with Crippen LogP contribution in [0.1, 0.15) is 40.2 Å². The summed E-state index contributed by atoms with van der Waals surface area (Å²) in [7, 11) is 0. The molecule has 1 spiro atoms. The minimum Gasteiger partial charge on any atom is -0.508 e. The van der Waals surface area contributed by atoms with E-state index in [0.29, 0.717) is 6.42 Å². The van der Waals surface area contributed by atoms with Gasteiger partial charge in [0.25, 0.3) is 0 Å². The number of carbonyl (C=O) groups excluding carboxylic acids is 1. The van der Waals surface area contributed by atoms with Crippen LogP contribution in [-0.4, -0.2) is 16.1 Å². The number of fused-ring (bicyclic) bond motifs is 4. The van der Waals surface area contributed by atoms with Crippen LogP contribution in [0.4, 0.5) is 5.69 Å². The Morgan fingerprint density at radius 2 is 1.74 bits per heavy atom. The molecule has 3 N–H and O–H groups in total. The average Bonchev–Trinajstić information content (AvgIpc) is 3.14. The first-order valence-electron chi connectivity index (χ1n) is 9.05. The van der Waals surface area contributed by atoms with Gasteiger partial charge in [0.15, 0.2) is 0 Å². The summed E-state index contributed by atoms with van der Waals surface area (Å²) in [6.07, 6.45) is 0.472. The second kappa shape index (κ2) is 5.36. The Morgan fingerprint density at radius 3 is 2.56 bits per heavy atom. The Balaban J connectivity index is 1.81. The van der Waals surface area contributed by atoms with Gasteiger partial charge in [-0.2, -0.15) is 0 Å². The van der Waals surface area contributed by atoms with Gasteiger partial charge in [0, 0.05) is 22.7 Å². The monoisotopic (exact) mass is 357 g/mol. The van der Waals surface area contributed by atoms with Crippen molar-refractivity contribution in [1.29, 1.82) is 0 Å². The summed E-state index contributed by atoms with van der Waals surface area (Å²) in [5, 5.41) is 24.1. The topological polar surface area (TPSA) is 69.6 Å². The highest BCUT2D eigenvalue weighted by atomic mass is 16.3. The molecule has 1 aliphatic heterocycles. The van der Waals surface area contributed by atoms with Crippen LogP contribution in [-0.2, 0) is 10.2 Å². The van der Waals surface area contributed by atoms with Crippen molar-refractivity contribution in [1.82, 2.24) is 0 Å². The summed E-state index contributed by atoms with van der Waals surface area (Å²) in [5.74, 6) is -0.00404. The van der Waals surface area contributed by atoms with Crippen LogP contribution >= 0.6 is 0 Å². The highest BCUT2D eigenvalue weighted by Crippen LogP contribution is 2.59. The van der Waals surface area contributed by atoms with Gasteiger partial charge in [-0.05, 0) is 42.7 Å². The van der Waals surface area contributed by atoms with Gasteiger partial charge in [-0.3, -0.25) is 4.79 Å². The Labute approximate surface area is 157 Å². The van der Waals surface area contributed by atoms with E-state index < -0.39 is 5.41 Å². The second-order valence-corrected chi connectivity index (χ2v) is 7.46. The van der Waals surface area contributed by atoms with Gasteiger partial charge in [-0.25, -0.2) is 0 Å². The van der Waals surface area contributed by atoms with E-state index in [9.17, 15) is 15.0 Å². The van der Waals surface area contributed by atoms with E-state index in [-0.39, 0.29) is 23.3 Å². The van der Waals surface area contributed by atoms with E-state index in [2.05, 4.69) is 5.32 Å². The van der Waals surface area contributed by atoms with E-state index in [0.717, 1.165) is 33.5 Å². The van der Waals surface area contributed by atoms with E-state index in [1.165, 1.54) is 0 Å². The molecule has 0 fully saturated rings. The molecule has 1 aliphatic carbocycles. The predicted octanol–water partition coefficient (Wildman–Crippen LogP) is 4.18. The number of nitrogens with one attached hydrogen (secondary N) is 1. The SMILES string of the molecule is Cc1ccc2c(c1)C1(CC(c3ccccc3O)c3c(O)cccc31)C(=O)N2. The highest BCUT2D eigenvalue weighted by Gasteiger charge is 2.56. The van der Waals surface area contributed by atoms with E-state index in [1.54, 1.807) is 24.3 Å². The molecule has 1 amide bonds. The fraction of sp³-hybridized carbons (Fsp3) is 0.174. The number of para-hydroxylation sites is 1. The minimum absolute atomic E-state index is 0.0760. The van der Waals surface area contributed by atoms with Crippen molar-refractivity contribution in [3.8, 4) is 11.5 Å². The van der Waals surface area contributed by atoms with Crippen molar-refractivity contribution in [3.05, 3.63) is 88.5 Å². The molecule has 0 saturated carbocycles. The van der Waals surface area contributed by atoms with Crippen LogP contribution in [0.5, 0.6) is 11.5 Å². The molecule has 0 saturated heterocycles. The quantitative estimate of drug-likeness (QED) is 0.612. The van der Waals surface area contributed by atoms with Crippen LogP contribution in [0.2, 0.25) is 0 Å². The molecule has 0 bridgehead atoms. The van der Waals surface area contributed by atoms with Crippen molar-refractivity contribution in [2.45, 2.75) is 24.7 Å². The van der Waals surface area contributed by atoms with Crippen molar-refractivity contribution in [3.63, 3.8) is 0 Å². The number of benzene rings is 3. The predicted molar refractivity (Wildman–Crippen MR) is 103 cm³/mol. The van der Waals surface area contributed by atoms with Crippen molar-refractivity contribution < 1.29 is 15.0 Å². The zero-order chi connectivity index (χ0) is 18.8. The molecule has 3 aromatic rings. The van der Waals surface area contributed by atoms with Gasteiger partial charge in [0.1, 0.15) is 16.9 Å². The Morgan fingerprint density at radius 1 is 0.963 bits per heavy atom. The molecule has 5 rings (SSSR count). The van der Waals surface area contributed by atoms with Gasteiger partial charge in [-0.1, -0.05) is 48.0 Å². The normalized spacial score (nSPS) is 22.6. The van der Waals surface area contributed by atoms with Crippen molar-refractivity contribution in [2.24, 2.45) is 0 Å². The molecule has 4 nitrogen and oxygen atoms in total. The van der Waals surface area contributed by atoms with E-state index >= 15 is 0 Å². The lowest BCUT2D eigenvalue weighted by Crippen LogP contribution is -2.33. The summed E-state index contributed by atoms with van der Waals surface area (Å²) >= 11 is 0. The molecular weight excluding hydrogens is 338 g/mol. The number of aromatic hydroxyl groups is 2. The Bertz CT molecular complexity index is 1100. The standard InChI is InChI=1S/C23H19NO3/c1-13-9-10-18-17(11-13)23(22(27)24-18)12-15(14-5-2-3-7-19(14)25)21-16(23)6-4-8-20(21)26/h2-11,15,25-26H,12H2,1H3,(H,24,27). The zero-order valence-corrected chi connectivity index (χ0v) is 14.9. The molecule has 0 radical (unpaired) electrons. The second-order valence-electron chi connectivity index (χ2n) is 7.46. The van der Waals surface area contributed by atoms with Crippen LogP contribution in [0, 0.1) is 6.92 Å². The lowest BCUT2D eigenvalue weighted by Gasteiger charge is -2.24. The first-order chi connectivity index (χ1) is 13.0. The van der Waals surface area contributed by atoms with Crippen molar-refractivity contribution in [2.75, 3.05) is 5.32 Å². The molecule has 2 aliphatic rings. The number of hydrogen-bond acceptors (Lipinski definition) is 3. The molecule has 4 heteroatoms. The fourth-order valence-corrected chi connectivity index (χ4v) is 4.80. The van der Waals surface area contributed by atoms with Gasteiger partial charge >= 0.3 is 0 Å². The zero-order valence-electron chi connectivity index (χ0n) is 14.9. The average molecular weight is 357 g/mol. The van der Waals surface area contributed by atoms with Crippen LogP contribution in [0.3, 0.4) is 0 Å². The van der Waals surface area contributed by atoms with Crippen LogP contribution in [0.15, 0.2) is 60.7 Å². The number of phenolic OH excluding ortho intramolecular Hbond substituents is 2. The first-order valence-corrected chi connectivity index (χ1v) is 9.05. The summed E-state index contributed by atoms with van der Waals surface area (Å²) in [6, 6.07) is 18.5. The van der Waals surface area contributed by atoms with E-state index in [1.807, 2.05) is 43.3 Å². The molecule has 2 unspecified atom stereocenters. The lowest BCUT2D eigenvalue weighted by molar-refractivity contribution is -0.119. The molecule has 0 aromatic heterocycles. The molecule has 1 heterocycles. The summed E-state index contributed by atoms with van der Waals surface area (Å²) in [4.78, 5) is 13.2. The smallest absolute Gasteiger partial charge is 0.239 e. The van der Waals surface area contributed by atoms with Crippen LogP contribution in [0.25, 0.3) is 0 Å². The maximum Gasteiger partial charge on any atom is 0.239 e. The number of aryl methyl sites for hydroxylation is 1. The van der Waals surface area contributed by atoms with Gasteiger partial charge in [0.2, 0.25) is 5.91 Å². The largest absolute Gasteiger partial charge is 0.508 e. The fourth-order valence-electron chi connectivity index (χ4n) is 4.80. The third kappa shape index (κ3) is 2.01.